The van der Waals surface area contributed by atoms with E-state index in [0.717, 1.165) is 11.1 Å². The maximum atomic E-state index is 11.7. The molecule has 1 aromatic carbocycles. The van der Waals surface area contributed by atoms with Crippen LogP contribution in [0.2, 0.25) is 0 Å². The largest absolute Gasteiger partial charge is 0.365 e. The van der Waals surface area contributed by atoms with E-state index >= 15 is 0 Å². The number of hydrogen-bond donors (Lipinski definition) is 1. The third-order valence-corrected chi connectivity index (χ3v) is 2.51. The van der Waals surface area contributed by atoms with Crippen molar-refractivity contribution in [3.8, 4) is 11.1 Å². The third kappa shape index (κ3) is 2.68. The molecule has 0 saturated carbocycles. The molecule has 2 aromatic rings. The molecule has 1 N–H and O–H groups in total. The molecular weight excluding hydrogens is 232 g/mol. The monoisotopic (exact) mass is 246 g/mol. The second-order valence-electron chi connectivity index (χ2n) is 4.10. The van der Waals surface area contributed by atoms with Gasteiger partial charge in [-0.3, -0.25) is 4.79 Å². The number of benzene rings is 1. The van der Waals surface area contributed by atoms with Gasteiger partial charge in [-0.25, -0.2) is 4.79 Å². The minimum absolute atomic E-state index is 0.149. The highest BCUT2D eigenvalue weighted by molar-refractivity contribution is 5.72. The van der Waals surface area contributed by atoms with Crippen molar-refractivity contribution < 1.29 is 9.32 Å². The lowest BCUT2D eigenvalue weighted by Gasteiger charge is -2.00. The van der Waals surface area contributed by atoms with Crippen molar-refractivity contribution >= 4 is 5.91 Å². The van der Waals surface area contributed by atoms with Crippen molar-refractivity contribution in [3.05, 3.63) is 46.4 Å². The minimum atomic E-state index is -0.411. The fourth-order valence-corrected chi connectivity index (χ4v) is 1.65. The summed E-state index contributed by atoms with van der Waals surface area (Å²) in [4.78, 5) is 22.5. The zero-order chi connectivity index (χ0) is 13.1. The molecule has 2 rings (SSSR count). The molecular formula is C13H14N2O3. The van der Waals surface area contributed by atoms with Crippen molar-refractivity contribution in [2.75, 3.05) is 0 Å². The molecule has 94 valence electrons. The van der Waals surface area contributed by atoms with Crippen LogP contribution in [0.3, 0.4) is 0 Å². The van der Waals surface area contributed by atoms with Crippen LogP contribution < -0.4 is 10.9 Å². The molecule has 18 heavy (non-hydrogen) atoms. The molecule has 0 spiro atoms. The van der Waals surface area contributed by atoms with Crippen molar-refractivity contribution in [1.82, 2.24) is 10.1 Å². The summed E-state index contributed by atoms with van der Waals surface area (Å²) in [6, 6.07) is 7.60. The quantitative estimate of drug-likeness (QED) is 0.892. The van der Waals surface area contributed by atoms with Gasteiger partial charge in [-0.15, -0.1) is 0 Å². The van der Waals surface area contributed by atoms with Crippen LogP contribution in [-0.2, 0) is 11.5 Å². The number of nitrogens with one attached hydrogen (secondary N) is 1. The highest BCUT2D eigenvalue weighted by atomic mass is 16.5. The van der Waals surface area contributed by atoms with E-state index in [1.807, 2.05) is 31.2 Å². The van der Waals surface area contributed by atoms with Crippen LogP contribution in [-0.4, -0.2) is 10.6 Å². The van der Waals surface area contributed by atoms with Crippen molar-refractivity contribution in [3.63, 3.8) is 0 Å². The number of amides is 1. The van der Waals surface area contributed by atoms with Crippen LogP contribution in [0.15, 0.2) is 39.8 Å². The molecule has 0 radical (unpaired) electrons. The Hall–Kier alpha value is -2.30. The maximum Gasteiger partial charge on any atom is 0.365 e. The van der Waals surface area contributed by atoms with Gasteiger partial charge in [-0.05, 0) is 12.5 Å². The molecule has 0 aliphatic heterocycles. The summed E-state index contributed by atoms with van der Waals surface area (Å²) in [6.45, 7) is 3.51. The van der Waals surface area contributed by atoms with Crippen LogP contribution in [0, 0.1) is 6.92 Å². The molecule has 0 aliphatic carbocycles. The smallest absolute Gasteiger partial charge is 0.336 e. The molecule has 0 saturated heterocycles. The summed E-state index contributed by atoms with van der Waals surface area (Å²) >= 11 is 0. The summed E-state index contributed by atoms with van der Waals surface area (Å²) in [5.74, 6) is -0.177. The van der Waals surface area contributed by atoms with Gasteiger partial charge < -0.3 is 9.84 Å². The van der Waals surface area contributed by atoms with Gasteiger partial charge in [0, 0.05) is 6.92 Å². The van der Waals surface area contributed by atoms with Crippen molar-refractivity contribution in [2.24, 2.45) is 0 Å². The van der Waals surface area contributed by atoms with Gasteiger partial charge in [-0.2, -0.15) is 4.74 Å². The van der Waals surface area contributed by atoms with Gasteiger partial charge in [0.1, 0.15) is 6.67 Å². The third-order valence-electron chi connectivity index (χ3n) is 2.51. The topological polar surface area (TPSA) is 64.2 Å². The first-order valence-electron chi connectivity index (χ1n) is 5.58. The number of nitrogens with zero attached hydrogens (tertiary/aromatic N) is 1. The van der Waals surface area contributed by atoms with Crippen LogP contribution >= 0.6 is 0 Å². The van der Waals surface area contributed by atoms with Gasteiger partial charge in [0.15, 0.2) is 0 Å². The van der Waals surface area contributed by atoms with E-state index in [0.29, 0.717) is 5.56 Å². The van der Waals surface area contributed by atoms with Crippen LogP contribution in [0.5, 0.6) is 0 Å². The molecule has 1 amide bonds. The lowest BCUT2D eigenvalue weighted by Crippen LogP contribution is -2.22. The molecule has 1 aromatic heterocycles. The summed E-state index contributed by atoms with van der Waals surface area (Å²) in [6.07, 6.45) is 1.59. The fraction of sp³-hybridized carbons (Fsp3) is 0.231. The standard InChI is InChI=1S/C13H14N2O3/c1-9-4-3-5-11(6-9)12-7-15(18-13(12)17)8-14-10(2)16/h3-7H,8H2,1-2H3,(H,14,16). The average Bonchev–Trinajstić information content (AvgIpc) is 2.68. The van der Waals surface area contributed by atoms with E-state index in [4.69, 9.17) is 4.52 Å². The van der Waals surface area contributed by atoms with Crippen molar-refractivity contribution in [1.29, 1.82) is 0 Å². The van der Waals surface area contributed by atoms with Gasteiger partial charge >= 0.3 is 5.63 Å². The number of hydrogen-bond acceptors (Lipinski definition) is 3. The van der Waals surface area contributed by atoms with Crippen LogP contribution in [0.4, 0.5) is 0 Å². The molecule has 0 aliphatic rings. The molecule has 0 atom stereocenters. The predicted molar refractivity (Wildman–Crippen MR) is 67.0 cm³/mol. The van der Waals surface area contributed by atoms with E-state index in [1.54, 1.807) is 6.20 Å². The average molecular weight is 246 g/mol. The first-order chi connectivity index (χ1) is 8.56. The minimum Gasteiger partial charge on any atom is -0.336 e. The van der Waals surface area contributed by atoms with Gasteiger partial charge in [0.2, 0.25) is 5.91 Å². The molecule has 5 heteroatoms. The van der Waals surface area contributed by atoms with E-state index in [-0.39, 0.29) is 12.6 Å². The number of rotatable bonds is 3. The lowest BCUT2D eigenvalue weighted by molar-refractivity contribution is -0.119. The number of aromatic nitrogens is 1. The van der Waals surface area contributed by atoms with Gasteiger partial charge in [-0.1, -0.05) is 29.8 Å². The molecule has 0 fully saturated rings. The Balaban J connectivity index is 2.29. The Bertz CT molecular complexity index is 625. The summed E-state index contributed by atoms with van der Waals surface area (Å²) in [7, 11) is 0. The second kappa shape index (κ2) is 4.91. The van der Waals surface area contributed by atoms with Crippen LogP contribution in [0.1, 0.15) is 12.5 Å². The van der Waals surface area contributed by atoms with Gasteiger partial charge in [0.05, 0.1) is 11.8 Å². The summed E-state index contributed by atoms with van der Waals surface area (Å²) in [5, 5.41) is 2.56. The maximum absolute atomic E-state index is 11.7. The summed E-state index contributed by atoms with van der Waals surface area (Å²) in [5.41, 5.74) is 1.96. The Kier molecular flexibility index (Phi) is 3.32. The Morgan fingerprint density at radius 1 is 1.44 bits per heavy atom. The highest BCUT2D eigenvalue weighted by Crippen LogP contribution is 2.16. The number of carbonyl (C=O) groups excluding carboxylic acids is 1. The Morgan fingerprint density at radius 3 is 2.89 bits per heavy atom. The summed E-state index contributed by atoms with van der Waals surface area (Å²) < 4.78 is 6.31. The number of aryl methyl sites for hydroxylation is 1. The number of carbonyl (C=O) groups is 1. The fourth-order valence-electron chi connectivity index (χ4n) is 1.65. The van der Waals surface area contributed by atoms with Crippen LogP contribution in [0.25, 0.3) is 11.1 Å². The van der Waals surface area contributed by atoms with Crippen molar-refractivity contribution in [2.45, 2.75) is 20.5 Å². The first kappa shape index (κ1) is 12.2. The predicted octanol–water partition coefficient (Wildman–Crippen LogP) is 1.51. The Morgan fingerprint density at radius 2 is 2.22 bits per heavy atom. The normalized spacial score (nSPS) is 10.3. The highest BCUT2D eigenvalue weighted by Gasteiger charge is 2.09. The van der Waals surface area contributed by atoms with E-state index in [1.165, 1.54) is 11.7 Å². The molecule has 1 heterocycles. The molecule has 0 unspecified atom stereocenters. The zero-order valence-corrected chi connectivity index (χ0v) is 10.3. The first-order valence-corrected chi connectivity index (χ1v) is 5.58. The van der Waals surface area contributed by atoms with Gasteiger partial charge in [0.25, 0.3) is 0 Å². The zero-order valence-electron chi connectivity index (χ0n) is 10.3. The Labute approximate surface area is 104 Å². The SMILES string of the molecule is CC(=O)NCn1cc(-c2cccc(C)c2)c(=O)o1. The lowest BCUT2D eigenvalue weighted by atomic mass is 10.1. The van der Waals surface area contributed by atoms with E-state index < -0.39 is 5.63 Å². The molecule has 0 bridgehead atoms. The second-order valence-corrected chi connectivity index (χ2v) is 4.10. The van der Waals surface area contributed by atoms with E-state index in [2.05, 4.69) is 5.32 Å². The molecule has 5 nitrogen and oxygen atoms in total. The van der Waals surface area contributed by atoms with E-state index in [9.17, 15) is 9.59 Å².